The molecule has 0 heterocycles. The fourth-order valence-corrected chi connectivity index (χ4v) is 3.43. The van der Waals surface area contributed by atoms with E-state index in [1.165, 1.54) is 12.1 Å². The summed E-state index contributed by atoms with van der Waals surface area (Å²) >= 11 is 0. The molecule has 0 saturated carbocycles. The summed E-state index contributed by atoms with van der Waals surface area (Å²) in [6.07, 6.45) is 1.59. The molecule has 0 saturated heterocycles. The molecule has 0 bridgehead atoms. The molecule has 0 fully saturated rings. The molecule has 1 N–H and O–H groups in total. The summed E-state index contributed by atoms with van der Waals surface area (Å²) in [5.74, 6) is 0.0127. The predicted octanol–water partition coefficient (Wildman–Crippen LogP) is 3.30. The highest BCUT2D eigenvalue weighted by atomic mass is 16.6. The first-order valence-corrected chi connectivity index (χ1v) is 8.14. The number of aliphatic hydroxyl groups is 1. The molecule has 26 heavy (non-hydrogen) atoms. The van der Waals surface area contributed by atoms with Gasteiger partial charge in [0.2, 0.25) is 0 Å². The molecule has 134 valence electrons. The highest BCUT2D eigenvalue weighted by Crippen LogP contribution is 2.36. The van der Waals surface area contributed by atoms with Crippen LogP contribution in [0.5, 0.6) is 0 Å². The molecule has 2 aromatic rings. The van der Waals surface area contributed by atoms with Crippen LogP contribution in [0.3, 0.4) is 0 Å². The largest absolute Gasteiger partial charge is 0.388 e. The molecule has 2 aliphatic carbocycles. The number of rotatable bonds is 2. The first-order valence-electron chi connectivity index (χ1n) is 8.14. The number of hydrogen-bond acceptors (Lipinski definition) is 6. The molecule has 2 aromatic carbocycles. The first kappa shape index (κ1) is 17.7. The smallest absolute Gasteiger partial charge is 0.273 e. The average Bonchev–Trinajstić information content (AvgIpc) is 3.19. The average molecular weight is 356 g/mol. The molecule has 0 amide bonds. The maximum absolute atomic E-state index is 11.2. The minimum atomic E-state index is -0.519. The number of aliphatic hydroxyl groups excluding tert-OH is 1. The van der Waals surface area contributed by atoms with E-state index in [0.717, 1.165) is 0 Å². The summed E-state index contributed by atoms with van der Waals surface area (Å²) in [7, 11) is 0. The summed E-state index contributed by atoms with van der Waals surface area (Å²) in [5.41, 5.74) is 2.73. The van der Waals surface area contributed by atoms with Gasteiger partial charge in [0.1, 0.15) is 0 Å². The topological polar surface area (TPSA) is 124 Å². The lowest BCUT2D eigenvalue weighted by Crippen LogP contribution is -1.95. The quantitative estimate of drug-likeness (QED) is 0.650. The number of nitrogens with zero attached hydrogens (tertiary/aromatic N) is 2. The van der Waals surface area contributed by atoms with Gasteiger partial charge in [-0.25, -0.2) is 0 Å². The zero-order chi connectivity index (χ0) is 18.8. The van der Waals surface area contributed by atoms with E-state index in [2.05, 4.69) is 0 Å². The van der Waals surface area contributed by atoms with Gasteiger partial charge in [-0.1, -0.05) is 24.3 Å². The van der Waals surface area contributed by atoms with Gasteiger partial charge in [-0.15, -0.1) is 0 Å². The molecule has 4 rings (SSSR count). The predicted molar refractivity (Wildman–Crippen MR) is 92.1 cm³/mol. The van der Waals surface area contributed by atoms with Gasteiger partial charge in [0.25, 0.3) is 11.4 Å². The molecular formula is C18H16N2O6. The van der Waals surface area contributed by atoms with Crippen LogP contribution in [-0.4, -0.2) is 20.7 Å². The molecular weight excluding hydrogens is 340 g/mol. The number of fused-ring (bicyclic) bond motifs is 2. The van der Waals surface area contributed by atoms with Crippen molar-refractivity contribution < 1.29 is 19.7 Å². The monoisotopic (exact) mass is 356 g/mol. The van der Waals surface area contributed by atoms with Crippen LogP contribution in [0.15, 0.2) is 36.4 Å². The van der Waals surface area contributed by atoms with Crippen LogP contribution in [0.25, 0.3) is 0 Å². The highest BCUT2D eigenvalue weighted by molar-refractivity contribution is 6.01. The minimum Gasteiger partial charge on any atom is -0.388 e. The Labute approximate surface area is 148 Å². The Morgan fingerprint density at radius 1 is 0.885 bits per heavy atom. The lowest BCUT2D eigenvalue weighted by Gasteiger charge is -2.02. The second kappa shape index (κ2) is 7.01. The third-order valence-electron chi connectivity index (χ3n) is 4.66. The number of Topliss-reactive ketones (excluding diaryl/α,β-unsaturated/α-hetero) is 1. The van der Waals surface area contributed by atoms with Gasteiger partial charge in [0, 0.05) is 35.2 Å². The molecule has 0 spiro atoms. The van der Waals surface area contributed by atoms with E-state index in [0.29, 0.717) is 47.9 Å². The maximum Gasteiger partial charge on any atom is 0.273 e. The van der Waals surface area contributed by atoms with Crippen LogP contribution in [0.2, 0.25) is 0 Å². The van der Waals surface area contributed by atoms with Crippen LogP contribution < -0.4 is 0 Å². The number of nitro groups is 2. The van der Waals surface area contributed by atoms with Crippen molar-refractivity contribution in [3.05, 3.63) is 78.9 Å². The van der Waals surface area contributed by atoms with E-state index < -0.39 is 16.0 Å². The Morgan fingerprint density at radius 3 is 2.15 bits per heavy atom. The maximum atomic E-state index is 11.2. The van der Waals surface area contributed by atoms with Crippen LogP contribution in [0, 0.1) is 20.2 Å². The normalized spacial score (nSPS) is 17.1. The number of benzene rings is 2. The highest BCUT2D eigenvalue weighted by Gasteiger charge is 2.27. The van der Waals surface area contributed by atoms with E-state index in [-0.39, 0.29) is 17.2 Å². The first-order chi connectivity index (χ1) is 12.4. The molecule has 1 unspecified atom stereocenters. The Bertz CT molecular complexity index is 909. The van der Waals surface area contributed by atoms with Crippen molar-refractivity contribution in [2.45, 2.75) is 31.8 Å². The summed E-state index contributed by atoms with van der Waals surface area (Å²) in [5, 5.41) is 30.6. The van der Waals surface area contributed by atoms with Crippen molar-refractivity contribution >= 4 is 17.2 Å². The van der Waals surface area contributed by atoms with E-state index in [1.807, 2.05) is 0 Å². The molecule has 0 radical (unpaired) electrons. The fourth-order valence-electron chi connectivity index (χ4n) is 3.43. The van der Waals surface area contributed by atoms with Gasteiger partial charge in [-0.2, -0.15) is 0 Å². The van der Waals surface area contributed by atoms with Gasteiger partial charge in [0.15, 0.2) is 5.78 Å². The Kier molecular flexibility index (Phi) is 4.77. The van der Waals surface area contributed by atoms with Crippen molar-refractivity contribution in [3.63, 3.8) is 0 Å². The Hall–Kier alpha value is -3.13. The van der Waals surface area contributed by atoms with Gasteiger partial charge < -0.3 is 5.11 Å². The van der Waals surface area contributed by atoms with Gasteiger partial charge in [-0.05, 0) is 24.8 Å². The minimum absolute atomic E-state index is 0.0127. The van der Waals surface area contributed by atoms with Crippen molar-refractivity contribution in [2.24, 2.45) is 0 Å². The molecule has 8 nitrogen and oxygen atoms in total. The van der Waals surface area contributed by atoms with Crippen molar-refractivity contribution in [1.29, 1.82) is 0 Å². The molecule has 0 aromatic heterocycles. The zero-order valence-electron chi connectivity index (χ0n) is 13.8. The van der Waals surface area contributed by atoms with Crippen LogP contribution in [0.4, 0.5) is 11.4 Å². The summed E-state index contributed by atoms with van der Waals surface area (Å²) < 4.78 is 0. The zero-order valence-corrected chi connectivity index (χ0v) is 13.8. The van der Waals surface area contributed by atoms with Crippen LogP contribution in [0.1, 0.15) is 46.0 Å². The van der Waals surface area contributed by atoms with E-state index >= 15 is 0 Å². The number of hydrogen-bond donors (Lipinski definition) is 1. The van der Waals surface area contributed by atoms with E-state index in [4.69, 9.17) is 0 Å². The van der Waals surface area contributed by atoms with E-state index in [9.17, 15) is 30.1 Å². The Balaban J connectivity index is 0.000000151. The fraction of sp³-hybridized carbons (Fsp3) is 0.278. The molecule has 1 atom stereocenters. The Morgan fingerprint density at radius 2 is 1.50 bits per heavy atom. The van der Waals surface area contributed by atoms with Crippen molar-refractivity contribution in [2.75, 3.05) is 0 Å². The molecule has 0 aliphatic heterocycles. The third-order valence-corrected chi connectivity index (χ3v) is 4.66. The lowest BCUT2D eigenvalue weighted by molar-refractivity contribution is -0.385. The van der Waals surface area contributed by atoms with Crippen molar-refractivity contribution in [1.82, 2.24) is 0 Å². The number of ketones is 1. The van der Waals surface area contributed by atoms with E-state index in [1.54, 1.807) is 24.3 Å². The van der Waals surface area contributed by atoms with Gasteiger partial charge >= 0.3 is 0 Å². The summed E-state index contributed by atoms with van der Waals surface area (Å²) in [6.45, 7) is 0. The number of nitro benzene ring substituents is 2. The van der Waals surface area contributed by atoms with Crippen molar-refractivity contribution in [3.8, 4) is 0 Å². The van der Waals surface area contributed by atoms with Crippen LogP contribution in [-0.2, 0) is 12.8 Å². The molecule has 2 aliphatic rings. The van der Waals surface area contributed by atoms with Crippen LogP contribution >= 0.6 is 0 Å². The number of carbonyl (C=O) groups is 1. The molecule has 8 heteroatoms. The van der Waals surface area contributed by atoms with Gasteiger partial charge in [0.05, 0.1) is 16.0 Å². The second-order valence-corrected chi connectivity index (χ2v) is 6.14. The lowest BCUT2D eigenvalue weighted by atomic mass is 10.1. The van der Waals surface area contributed by atoms with Gasteiger partial charge in [-0.3, -0.25) is 25.0 Å². The second-order valence-electron chi connectivity index (χ2n) is 6.14. The summed E-state index contributed by atoms with van der Waals surface area (Å²) in [6, 6.07) is 9.50. The third kappa shape index (κ3) is 3.18. The number of carbonyl (C=O) groups excluding carboxylic acids is 1. The standard InChI is InChI=1S/C9H9NO3.C9H7NO3/c2*11-9-5-4-6-7(9)2-1-3-8(6)10(12)13/h1-3,9,11H,4-5H2;1-3H,4-5H2. The SMILES string of the molecule is O=C1CCc2c1cccc2[N+](=O)[O-].O=[N+]([O-])c1cccc2c1CCC2O. The summed E-state index contributed by atoms with van der Waals surface area (Å²) in [4.78, 5) is 31.5.